The lowest BCUT2D eigenvalue weighted by Gasteiger charge is -2.00. The Morgan fingerprint density at radius 2 is 2.20 bits per heavy atom. The molecule has 2 radical (unpaired) electrons. The van der Waals surface area contributed by atoms with Gasteiger partial charge in [0.2, 0.25) is 0 Å². The van der Waals surface area contributed by atoms with Crippen LogP contribution >= 0.6 is 0 Å². The third-order valence-corrected chi connectivity index (χ3v) is 1.11. The van der Waals surface area contributed by atoms with Crippen molar-refractivity contribution < 1.29 is 9.60 Å². The Balaban J connectivity index is 3.09. The zero-order valence-electron chi connectivity index (χ0n) is 5.13. The molecule has 0 atom stereocenters. The van der Waals surface area contributed by atoms with Gasteiger partial charge in [0, 0.05) is 0 Å². The van der Waals surface area contributed by atoms with Crippen LogP contribution in [0.2, 0.25) is 0 Å². The largest absolute Gasteiger partial charge is 0.291 e. The number of rotatable bonds is 1. The van der Waals surface area contributed by atoms with Crippen LogP contribution in [-0.4, -0.2) is 13.1 Å². The van der Waals surface area contributed by atoms with Gasteiger partial charge in [-0.05, 0) is 12.1 Å². The molecule has 10 heavy (non-hydrogen) atoms. The van der Waals surface area contributed by atoms with Gasteiger partial charge < -0.3 is 0 Å². The van der Waals surface area contributed by atoms with E-state index >= 15 is 0 Å². The molecule has 2 N–H and O–H groups in total. The average molecular weight is 137 g/mol. The van der Waals surface area contributed by atoms with E-state index in [4.69, 9.17) is 13.1 Å². The van der Waals surface area contributed by atoms with Gasteiger partial charge in [0.15, 0.2) is 0 Å². The Morgan fingerprint density at radius 3 is 2.70 bits per heavy atom. The quantitative estimate of drug-likeness (QED) is 0.434. The molecule has 0 saturated heterocycles. The summed E-state index contributed by atoms with van der Waals surface area (Å²) in [5.41, 5.74) is 2.07. The van der Waals surface area contributed by atoms with Crippen molar-refractivity contribution in [2.24, 2.45) is 0 Å². The number of halogens is 1. The maximum Gasteiger partial charge on any atom is 0.148 e. The van der Waals surface area contributed by atoms with E-state index in [1.165, 1.54) is 18.2 Å². The van der Waals surface area contributed by atoms with E-state index in [0.717, 1.165) is 0 Å². The molecule has 0 aromatic heterocycles. The van der Waals surface area contributed by atoms with Crippen molar-refractivity contribution in [3.63, 3.8) is 0 Å². The van der Waals surface area contributed by atoms with Gasteiger partial charge in [-0.1, -0.05) is 11.5 Å². The summed E-state index contributed by atoms with van der Waals surface area (Å²) in [5.74, 6) is -0.531. The van der Waals surface area contributed by atoms with Gasteiger partial charge in [-0.25, -0.2) is 4.39 Å². The standard InChI is InChI=1S/C6H5BFNO/c7-4-1-2-5(8)6(3-4)9-10/h1-3,9-10H. The molecule has 2 nitrogen and oxygen atoms in total. The van der Waals surface area contributed by atoms with Crippen molar-refractivity contribution in [1.29, 1.82) is 0 Å². The topological polar surface area (TPSA) is 32.3 Å². The van der Waals surface area contributed by atoms with Gasteiger partial charge >= 0.3 is 0 Å². The first kappa shape index (κ1) is 7.09. The van der Waals surface area contributed by atoms with Gasteiger partial charge in [-0.3, -0.25) is 10.7 Å². The van der Waals surface area contributed by atoms with Crippen LogP contribution in [0.3, 0.4) is 0 Å². The van der Waals surface area contributed by atoms with Gasteiger partial charge in [0.1, 0.15) is 13.7 Å². The summed E-state index contributed by atoms with van der Waals surface area (Å²) in [7, 11) is 5.29. The molecule has 50 valence electrons. The van der Waals surface area contributed by atoms with Crippen LogP contribution < -0.4 is 10.9 Å². The van der Waals surface area contributed by atoms with Crippen molar-refractivity contribution in [3.8, 4) is 0 Å². The number of anilines is 1. The van der Waals surface area contributed by atoms with Crippen molar-refractivity contribution in [1.82, 2.24) is 0 Å². The first-order valence-electron chi connectivity index (χ1n) is 2.69. The molecule has 0 fully saturated rings. The van der Waals surface area contributed by atoms with E-state index in [1.807, 2.05) is 0 Å². The lowest BCUT2D eigenvalue weighted by atomic mass is 9.96. The van der Waals surface area contributed by atoms with Gasteiger partial charge in [0.25, 0.3) is 0 Å². The highest BCUT2D eigenvalue weighted by atomic mass is 19.1. The summed E-state index contributed by atoms with van der Waals surface area (Å²) in [6.07, 6.45) is 0. The minimum atomic E-state index is -0.531. The molecular weight excluding hydrogens is 132 g/mol. The third-order valence-electron chi connectivity index (χ3n) is 1.11. The molecule has 1 rings (SSSR count). The molecule has 0 aliphatic carbocycles. The maximum atomic E-state index is 12.5. The first-order chi connectivity index (χ1) is 4.74. The SMILES string of the molecule is [B]c1ccc(F)c(NO)c1. The molecule has 0 bridgehead atoms. The zero-order valence-corrected chi connectivity index (χ0v) is 5.13. The van der Waals surface area contributed by atoms with Gasteiger partial charge in [-0.2, -0.15) is 0 Å². The molecule has 0 amide bonds. The minimum Gasteiger partial charge on any atom is -0.291 e. The Morgan fingerprint density at radius 1 is 1.50 bits per heavy atom. The second-order valence-electron chi connectivity index (χ2n) is 1.85. The molecule has 0 unspecified atom stereocenters. The van der Waals surface area contributed by atoms with E-state index in [2.05, 4.69) is 0 Å². The molecule has 4 heteroatoms. The van der Waals surface area contributed by atoms with E-state index in [1.54, 1.807) is 5.48 Å². The highest BCUT2D eigenvalue weighted by molar-refractivity contribution is 6.32. The fourth-order valence-electron chi connectivity index (χ4n) is 0.629. The number of hydrogen-bond donors (Lipinski definition) is 2. The zero-order chi connectivity index (χ0) is 7.56. The molecule has 1 aromatic carbocycles. The van der Waals surface area contributed by atoms with E-state index in [-0.39, 0.29) is 5.69 Å². The fraction of sp³-hybridized carbons (Fsp3) is 0. The third kappa shape index (κ3) is 1.27. The van der Waals surface area contributed by atoms with Crippen LogP contribution in [0.4, 0.5) is 10.1 Å². The smallest absolute Gasteiger partial charge is 0.148 e. The summed E-state index contributed by atoms with van der Waals surface area (Å²) in [6, 6.07) is 3.89. The predicted octanol–water partition coefficient (Wildman–Crippen LogP) is 0.421. The van der Waals surface area contributed by atoms with Crippen molar-refractivity contribution in [2.45, 2.75) is 0 Å². The number of benzene rings is 1. The van der Waals surface area contributed by atoms with Crippen LogP contribution in [0.25, 0.3) is 0 Å². The fourth-order valence-corrected chi connectivity index (χ4v) is 0.629. The second-order valence-corrected chi connectivity index (χ2v) is 1.85. The van der Waals surface area contributed by atoms with Crippen molar-refractivity contribution >= 4 is 19.0 Å². The Kier molecular flexibility index (Phi) is 1.92. The molecule has 0 heterocycles. The van der Waals surface area contributed by atoms with Gasteiger partial charge in [-0.15, -0.1) is 0 Å². The first-order valence-corrected chi connectivity index (χ1v) is 2.69. The normalized spacial score (nSPS) is 9.40. The van der Waals surface area contributed by atoms with Crippen molar-refractivity contribution in [3.05, 3.63) is 24.0 Å². The molecule has 0 saturated carbocycles. The van der Waals surface area contributed by atoms with E-state index < -0.39 is 5.82 Å². The van der Waals surface area contributed by atoms with Crippen molar-refractivity contribution in [2.75, 3.05) is 5.48 Å². The van der Waals surface area contributed by atoms with Crippen LogP contribution in [0.15, 0.2) is 18.2 Å². The van der Waals surface area contributed by atoms with Gasteiger partial charge in [0.05, 0.1) is 5.69 Å². The Hall–Kier alpha value is -1.03. The average Bonchev–Trinajstić information content (AvgIpc) is 1.94. The molecule has 0 aliphatic heterocycles. The maximum absolute atomic E-state index is 12.5. The summed E-state index contributed by atoms with van der Waals surface area (Å²) in [4.78, 5) is 0. The van der Waals surface area contributed by atoms with Crippen LogP contribution in [0.1, 0.15) is 0 Å². The van der Waals surface area contributed by atoms with Crippen LogP contribution in [0.5, 0.6) is 0 Å². The van der Waals surface area contributed by atoms with Crippen LogP contribution in [-0.2, 0) is 0 Å². The van der Waals surface area contributed by atoms with E-state index in [9.17, 15) is 4.39 Å². The minimum absolute atomic E-state index is 0.0139. The molecular formula is C6H5BFNO. The number of nitrogens with one attached hydrogen (secondary N) is 1. The molecule has 0 spiro atoms. The summed E-state index contributed by atoms with van der Waals surface area (Å²) in [5, 5.41) is 8.30. The highest BCUT2D eigenvalue weighted by Crippen LogP contribution is 2.08. The van der Waals surface area contributed by atoms with Crippen LogP contribution in [0, 0.1) is 5.82 Å². The summed E-state index contributed by atoms with van der Waals surface area (Å²) < 4.78 is 12.5. The summed E-state index contributed by atoms with van der Waals surface area (Å²) in [6.45, 7) is 0. The van der Waals surface area contributed by atoms with E-state index in [0.29, 0.717) is 5.46 Å². The Labute approximate surface area is 59.0 Å². The second kappa shape index (κ2) is 2.71. The summed E-state index contributed by atoms with van der Waals surface area (Å²) >= 11 is 0. The highest BCUT2D eigenvalue weighted by Gasteiger charge is 1.97. The Bertz CT molecular complexity index is 241. The lowest BCUT2D eigenvalue weighted by molar-refractivity contribution is 0.384. The predicted molar refractivity (Wildman–Crippen MR) is 37.2 cm³/mol. The number of hydrogen-bond acceptors (Lipinski definition) is 2. The molecule has 0 aliphatic rings. The monoisotopic (exact) mass is 137 g/mol. The lowest BCUT2D eigenvalue weighted by Crippen LogP contribution is -2.04. The molecule has 1 aromatic rings.